The molecule has 0 radical (unpaired) electrons. The topological polar surface area (TPSA) is 29.5 Å². The lowest BCUT2D eigenvalue weighted by Crippen LogP contribution is -2.26. The quantitative estimate of drug-likeness (QED) is 0.618. The highest BCUT2D eigenvalue weighted by molar-refractivity contribution is 9.09. The molecule has 6 atom stereocenters. The molecule has 6 unspecified atom stereocenters. The molecule has 0 spiro atoms. The number of rotatable bonds is 0. The van der Waals surface area contributed by atoms with Crippen LogP contribution < -0.4 is 0 Å². The van der Waals surface area contributed by atoms with Gasteiger partial charge in [-0.25, -0.2) is 0 Å². The highest BCUT2D eigenvalue weighted by Gasteiger charge is 2.59. The molecule has 0 amide bonds. The number of fused-ring (bicyclic) bond motifs is 1. The van der Waals surface area contributed by atoms with Gasteiger partial charge in [-0.05, 0) is 24.7 Å². The molecule has 11 heavy (non-hydrogen) atoms. The molecule has 3 fully saturated rings. The summed E-state index contributed by atoms with van der Waals surface area (Å²) in [7, 11) is 0. The molecular formula is C8H11BrO2. The first kappa shape index (κ1) is 6.87. The highest BCUT2D eigenvalue weighted by Crippen LogP contribution is 2.57. The maximum Gasteiger partial charge on any atom is 0.158 e. The number of aliphatic hydroxyl groups excluding tert-OH is 1. The van der Waals surface area contributed by atoms with Crippen molar-refractivity contribution < 1.29 is 9.84 Å². The van der Waals surface area contributed by atoms with Crippen LogP contribution in [0.3, 0.4) is 0 Å². The molecule has 2 aliphatic carbocycles. The number of halogens is 1. The number of hydrogen-bond donors (Lipinski definition) is 1. The number of hydrogen-bond acceptors (Lipinski definition) is 2. The predicted molar refractivity (Wildman–Crippen MR) is 43.3 cm³/mol. The zero-order valence-electron chi connectivity index (χ0n) is 6.11. The van der Waals surface area contributed by atoms with Gasteiger partial charge in [0.05, 0.1) is 6.10 Å². The molecule has 0 aromatic carbocycles. The Hall–Kier alpha value is 0.400. The second-order valence-corrected chi connectivity index (χ2v) is 5.05. The van der Waals surface area contributed by atoms with Gasteiger partial charge in [0.2, 0.25) is 0 Å². The maximum atomic E-state index is 9.47. The highest BCUT2D eigenvalue weighted by atomic mass is 79.9. The van der Waals surface area contributed by atoms with E-state index >= 15 is 0 Å². The van der Waals surface area contributed by atoms with E-state index in [0.717, 1.165) is 12.3 Å². The minimum atomic E-state index is -0.461. The summed E-state index contributed by atoms with van der Waals surface area (Å²) in [6, 6.07) is 0. The van der Waals surface area contributed by atoms with Gasteiger partial charge in [0.25, 0.3) is 0 Å². The van der Waals surface area contributed by atoms with Gasteiger partial charge in [0.15, 0.2) is 6.29 Å². The van der Waals surface area contributed by atoms with Crippen molar-refractivity contribution in [3.05, 3.63) is 0 Å². The third-order valence-corrected chi connectivity index (χ3v) is 4.82. The fourth-order valence-electron chi connectivity index (χ4n) is 3.05. The van der Waals surface area contributed by atoms with Crippen LogP contribution in [0.25, 0.3) is 0 Å². The maximum absolute atomic E-state index is 9.47. The van der Waals surface area contributed by atoms with E-state index < -0.39 is 6.29 Å². The van der Waals surface area contributed by atoms with Crippen LogP contribution in [-0.2, 0) is 4.74 Å². The lowest BCUT2D eigenvalue weighted by molar-refractivity contribution is -0.0997. The third-order valence-electron chi connectivity index (χ3n) is 3.55. The van der Waals surface area contributed by atoms with E-state index in [1.165, 1.54) is 6.42 Å². The van der Waals surface area contributed by atoms with E-state index in [0.29, 0.717) is 22.8 Å². The van der Waals surface area contributed by atoms with Gasteiger partial charge in [-0.2, -0.15) is 0 Å². The molecule has 1 heterocycles. The summed E-state index contributed by atoms with van der Waals surface area (Å²) in [6.07, 6.45) is 2.28. The zero-order chi connectivity index (χ0) is 7.59. The van der Waals surface area contributed by atoms with E-state index in [9.17, 15) is 5.11 Å². The summed E-state index contributed by atoms with van der Waals surface area (Å²) in [4.78, 5) is 0.515. The average molecular weight is 219 g/mol. The van der Waals surface area contributed by atoms with Crippen LogP contribution in [0.4, 0.5) is 0 Å². The summed E-state index contributed by atoms with van der Waals surface area (Å²) in [5, 5.41) is 9.47. The van der Waals surface area contributed by atoms with Gasteiger partial charge in [-0.3, -0.25) is 0 Å². The van der Waals surface area contributed by atoms with Crippen molar-refractivity contribution in [2.75, 3.05) is 0 Å². The van der Waals surface area contributed by atoms with Crippen LogP contribution in [0.1, 0.15) is 12.8 Å². The Morgan fingerprint density at radius 3 is 2.64 bits per heavy atom. The SMILES string of the molecule is OC1OC2C(Br)C3CC1C2C3. The fourth-order valence-corrected chi connectivity index (χ4v) is 4.00. The van der Waals surface area contributed by atoms with E-state index in [1.54, 1.807) is 0 Å². The third kappa shape index (κ3) is 0.699. The minimum absolute atomic E-state index is 0.314. The molecule has 0 aromatic heterocycles. The Bertz CT molecular complexity index is 197. The molecule has 1 N–H and O–H groups in total. The van der Waals surface area contributed by atoms with Crippen LogP contribution in [0.15, 0.2) is 0 Å². The fraction of sp³-hybridized carbons (Fsp3) is 1.00. The Kier molecular flexibility index (Phi) is 1.25. The zero-order valence-corrected chi connectivity index (χ0v) is 7.70. The Labute approximate surface area is 74.1 Å². The summed E-state index contributed by atoms with van der Waals surface area (Å²) >= 11 is 3.64. The Balaban J connectivity index is 1.98. The molecule has 2 bridgehead atoms. The van der Waals surface area contributed by atoms with Crippen molar-refractivity contribution >= 4 is 15.9 Å². The lowest BCUT2D eigenvalue weighted by atomic mass is 9.89. The molecule has 3 rings (SSSR count). The van der Waals surface area contributed by atoms with Crippen molar-refractivity contribution in [1.29, 1.82) is 0 Å². The van der Waals surface area contributed by atoms with Crippen LogP contribution >= 0.6 is 15.9 Å². The van der Waals surface area contributed by atoms with Crippen molar-refractivity contribution in [3.63, 3.8) is 0 Å². The molecule has 0 aromatic rings. The summed E-state index contributed by atoms with van der Waals surface area (Å²) in [5.74, 6) is 1.88. The van der Waals surface area contributed by atoms with Gasteiger partial charge in [0.1, 0.15) is 0 Å². The molecule has 3 heteroatoms. The monoisotopic (exact) mass is 218 g/mol. The van der Waals surface area contributed by atoms with Crippen molar-refractivity contribution in [1.82, 2.24) is 0 Å². The van der Waals surface area contributed by atoms with E-state index in [1.807, 2.05) is 0 Å². The summed E-state index contributed by atoms with van der Waals surface area (Å²) in [5.41, 5.74) is 0. The van der Waals surface area contributed by atoms with Crippen LogP contribution in [-0.4, -0.2) is 22.3 Å². The van der Waals surface area contributed by atoms with Crippen molar-refractivity contribution in [3.8, 4) is 0 Å². The van der Waals surface area contributed by atoms with Gasteiger partial charge in [-0.15, -0.1) is 0 Å². The first-order chi connectivity index (χ1) is 5.27. The number of ether oxygens (including phenoxy) is 1. The minimum Gasteiger partial charge on any atom is -0.368 e. The van der Waals surface area contributed by atoms with Gasteiger partial charge in [0, 0.05) is 10.7 Å². The molecule has 1 saturated heterocycles. The van der Waals surface area contributed by atoms with Gasteiger partial charge >= 0.3 is 0 Å². The van der Waals surface area contributed by atoms with Crippen molar-refractivity contribution in [2.24, 2.45) is 17.8 Å². The lowest BCUT2D eigenvalue weighted by Gasteiger charge is -2.20. The van der Waals surface area contributed by atoms with Gasteiger partial charge in [-0.1, -0.05) is 15.9 Å². The smallest absolute Gasteiger partial charge is 0.158 e. The van der Waals surface area contributed by atoms with Crippen LogP contribution in [0.5, 0.6) is 0 Å². The Morgan fingerprint density at radius 2 is 2.00 bits per heavy atom. The van der Waals surface area contributed by atoms with Crippen molar-refractivity contribution in [2.45, 2.75) is 30.1 Å². The first-order valence-corrected chi connectivity index (χ1v) is 5.16. The van der Waals surface area contributed by atoms with Gasteiger partial charge < -0.3 is 9.84 Å². The molecular weight excluding hydrogens is 208 g/mol. The molecule has 3 aliphatic rings. The second-order valence-electron chi connectivity index (χ2n) is 3.99. The predicted octanol–water partition coefficient (Wildman–Crippen LogP) is 1.12. The average Bonchev–Trinajstić information content (AvgIpc) is 2.53. The van der Waals surface area contributed by atoms with E-state index in [2.05, 4.69) is 15.9 Å². The largest absolute Gasteiger partial charge is 0.368 e. The van der Waals surface area contributed by atoms with Crippen LogP contribution in [0.2, 0.25) is 0 Å². The molecule has 62 valence electrons. The molecule has 2 saturated carbocycles. The summed E-state index contributed by atoms with van der Waals surface area (Å²) in [6.45, 7) is 0. The number of aliphatic hydroxyl groups is 1. The standard InChI is InChI=1S/C8H11BrO2/c9-6-3-1-4-5(2-3)8(10)11-7(4)6/h3-8,10H,1-2H2. The first-order valence-electron chi connectivity index (χ1n) is 4.25. The Morgan fingerprint density at radius 1 is 1.27 bits per heavy atom. The summed E-state index contributed by atoms with van der Waals surface area (Å²) < 4.78 is 5.46. The molecule has 2 nitrogen and oxygen atoms in total. The van der Waals surface area contributed by atoms with E-state index in [-0.39, 0.29) is 0 Å². The normalized spacial score (nSPS) is 66.0. The number of alkyl halides is 1. The second kappa shape index (κ2) is 2.01. The molecule has 1 aliphatic heterocycles. The van der Waals surface area contributed by atoms with Crippen LogP contribution in [0, 0.1) is 17.8 Å². The van der Waals surface area contributed by atoms with E-state index in [4.69, 9.17) is 4.74 Å².